The SMILES string of the molecule is COCCN1CCN(c2cccc(OC(F)(F)F)c2N)CC1. The van der Waals surface area contributed by atoms with Gasteiger partial charge in [-0.05, 0) is 12.1 Å². The molecule has 1 aliphatic rings. The highest BCUT2D eigenvalue weighted by Crippen LogP contribution is 2.35. The van der Waals surface area contributed by atoms with Crippen molar-refractivity contribution in [2.75, 3.05) is 57.1 Å². The first-order valence-corrected chi connectivity index (χ1v) is 7.01. The Balaban J connectivity index is 2.03. The Morgan fingerprint density at radius 2 is 1.86 bits per heavy atom. The third kappa shape index (κ3) is 4.41. The van der Waals surface area contributed by atoms with E-state index in [2.05, 4.69) is 9.64 Å². The molecule has 2 N–H and O–H groups in total. The highest BCUT2D eigenvalue weighted by Gasteiger charge is 2.32. The second-order valence-corrected chi connectivity index (χ2v) is 5.06. The molecule has 22 heavy (non-hydrogen) atoms. The van der Waals surface area contributed by atoms with E-state index in [1.165, 1.54) is 12.1 Å². The van der Waals surface area contributed by atoms with Crippen molar-refractivity contribution in [3.8, 4) is 5.75 Å². The number of anilines is 2. The van der Waals surface area contributed by atoms with Gasteiger partial charge in [-0.2, -0.15) is 0 Å². The zero-order valence-electron chi connectivity index (χ0n) is 12.4. The summed E-state index contributed by atoms with van der Waals surface area (Å²) in [6, 6.07) is 4.45. The average molecular weight is 319 g/mol. The predicted octanol–water partition coefficient (Wildman–Crippen LogP) is 1.94. The van der Waals surface area contributed by atoms with Crippen LogP contribution in [0.5, 0.6) is 5.75 Å². The van der Waals surface area contributed by atoms with Crippen LogP contribution >= 0.6 is 0 Å². The van der Waals surface area contributed by atoms with Gasteiger partial charge in [0, 0.05) is 39.8 Å². The van der Waals surface area contributed by atoms with Gasteiger partial charge in [0.25, 0.3) is 0 Å². The van der Waals surface area contributed by atoms with Gasteiger partial charge in [0.2, 0.25) is 0 Å². The lowest BCUT2D eigenvalue weighted by Crippen LogP contribution is -2.47. The number of methoxy groups -OCH3 is 1. The van der Waals surface area contributed by atoms with E-state index in [0.717, 1.165) is 19.6 Å². The lowest BCUT2D eigenvalue weighted by atomic mass is 10.2. The first-order valence-electron chi connectivity index (χ1n) is 7.01. The van der Waals surface area contributed by atoms with Crippen LogP contribution in [0.25, 0.3) is 0 Å². The van der Waals surface area contributed by atoms with Crippen LogP contribution in [-0.4, -0.2) is 57.7 Å². The molecule has 0 unspecified atom stereocenters. The molecule has 5 nitrogen and oxygen atoms in total. The molecule has 1 heterocycles. The lowest BCUT2D eigenvalue weighted by Gasteiger charge is -2.36. The van der Waals surface area contributed by atoms with Crippen molar-refractivity contribution in [2.24, 2.45) is 0 Å². The maximum absolute atomic E-state index is 12.4. The number of hydrogen-bond acceptors (Lipinski definition) is 5. The molecule has 8 heteroatoms. The van der Waals surface area contributed by atoms with Crippen molar-refractivity contribution in [1.82, 2.24) is 4.90 Å². The van der Waals surface area contributed by atoms with Crippen LogP contribution in [0, 0.1) is 0 Å². The summed E-state index contributed by atoms with van der Waals surface area (Å²) in [6.07, 6.45) is -4.74. The fraction of sp³-hybridized carbons (Fsp3) is 0.571. The van der Waals surface area contributed by atoms with E-state index >= 15 is 0 Å². The van der Waals surface area contributed by atoms with E-state index in [9.17, 15) is 13.2 Å². The van der Waals surface area contributed by atoms with Gasteiger partial charge in [0.1, 0.15) is 0 Å². The minimum Gasteiger partial charge on any atom is -0.403 e. The Bertz CT molecular complexity index is 489. The molecule has 0 spiro atoms. The van der Waals surface area contributed by atoms with Crippen LogP contribution in [-0.2, 0) is 4.74 Å². The van der Waals surface area contributed by atoms with Crippen LogP contribution in [0.2, 0.25) is 0 Å². The molecule has 0 bridgehead atoms. The van der Waals surface area contributed by atoms with Crippen molar-refractivity contribution < 1.29 is 22.6 Å². The second kappa shape index (κ2) is 7.06. The smallest absolute Gasteiger partial charge is 0.403 e. The topological polar surface area (TPSA) is 51.0 Å². The number of ether oxygens (including phenoxy) is 2. The third-order valence-electron chi connectivity index (χ3n) is 3.59. The molecule has 0 amide bonds. The van der Waals surface area contributed by atoms with Gasteiger partial charge in [-0.1, -0.05) is 6.07 Å². The zero-order valence-corrected chi connectivity index (χ0v) is 12.4. The van der Waals surface area contributed by atoms with Crippen LogP contribution in [0.1, 0.15) is 0 Å². The summed E-state index contributed by atoms with van der Waals surface area (Å²) in [7, 11) is 1.66. The maximum Gasteiger partial charge on any atom is 0.573 e. The molecule has 1 saturated heterocycles. The minimum absolute atomic E-state index is 0.0187. The third-order valence-corrected chi connectivity index (χ3v) is 3.59. The van der Waals surface area contributed by atoms with Gasteiger partial charge in [-0.3, -0.25) is 4.90 Å². The van der Waals surface area contributed by atoms with Crippen molar-refractivity contribution in [3.63, 3.8) is 0 Å². The van der Waals surface area contributed by atoms with E-state index in [1.807, 2.05) is 4.90 Å². The van der Waals surface area contributed by atoms with Crippen molar-refractivity contribution in [1.29, 1.82) is 0 Å². The van der Waals surface area contributed by atoms with Gasteiger partial charge in [0.15, 0.2) is 5.75 Å². The molecule has 0 radical (unpaired) electrons. The summed E-state index contributed by atoms with van der Waals surface area (Å²) in [6.45, 7) is 4.53. The van der Waals surface area contributed by atoms with Crippen molar-refractivity contribution in [2.45, 2.75) is 6.36 Å². The largest absolute Gasteiger partial charge is 0.573 e. The zero-order chi connectivity index (χ0) is 16.2. The summed E-state index contributed by atoms with van der Waals surface area (Å²) < 4.78 is 46.1. The molecule has 1 aromatic carbocycles. The van der Waals surface area contributed by atoms with Gasteiger partial charge in [-0.25, -0.2) is 0 Å². The summed E-state index contributed by atoms with van der Waals surface area (Å²) in [5, 5.41) is 0. The minimum atomic E-state index is -4.74. The summed E-state index contributed by atoms with van der Waals surface area (Å²) >= 11 is 0. The predicted molar refractivity (Wildman–Crippen MR) is 78.1 cm³/mol. The van der Waals surface area contributed by atoms with E-state index in [1.54, 1.807) is 13.2 Å². The molecule has 1 aliphatic heterocycles. The standard InChI is InChI=1S/C14H20F3N3O2/c1-21-10-9-19-5-7-20(8-6-19)11-3-2-4-12(13(11)18)22-14(15,16)17/h2-4H,5-10,18H2,1H3. The summed E-state index contributed by atoms with van der Waals surface area (Å²) in [5.41, 5.74) is 6.43. The number of rotatable bonds is 5. The van der Waals surface area contributed by atoms with Crippen LogP contribution in [0.3, 0.4) is 0 Å². The molecule has 0 aliphatic carbocycles. The fourth-order valence-electron chi connectivity index (χ4n) is 2.45. The maximum atomic E-state index is 12.4. The first-order chi connectivity index (χ1) is 10.4. The van der Waals surface area contributed by atoms with E-state index in [4.69, 9.17) is 10.5 Å². The molecule has 0 saturated carbocycles. The summed E-state index contributed by atoms with van der Waals surface area (Å²) in [4.78, 5) is 4.22. The number of nitrogens with two attached hydrogens (primary N) is 1. The fourth-order valence-corrected chi connectivity index (χ4v) is 2.45. The van der Waals surface area contributed by atoms with Crippen LogP contribution in [0.4, 0.5) is 24.5 Å². The molecule has 2 rings (SSSR count). The molecular weight excluding hydrogens is 299 g/mol. The second-order valence-electron chi connectivity index (χ2n) is 5.06. The van der Waals surface area contributed by atoms with Crippen LogP contribution < -0.4 is 15.4 Å². The number of para-hydroxylation sites is 1. The van der Waals surface area contributed by atoms with Crippen molar-refractivity contribution >= 4 is 11.4 Å². The number of alkyl halides is 3. The normalized spacial score (nSPS) is 16.8. The highest BCUT2D eigenvalue weighted by molar-refractivity contribution is 5.74. The van der Waals surface area contributed by atoms with Gasteiger partial charge < -0.3 is 20.1 Å². The molecular formula is C14H20F3N3O2. The van der Waals surface area contributed by atoms with E-state index in [-0.39, 0.29) is 11.4 Å². The number of nitrogens with zero attached hydrogens (tertiary/aromatic N) is 2. The molecule has 1 fully saturated rings. The number of benzene rings is 1. The molecule has 0 atom stereocenters. The van der Waals surface area contributed by atoms with Crippen molar-refractivity contribution in [3.05, 3.63) is 18.2 Å². The number of piperazine rings is 1. The van der Waals surface area contributed by atoms with E-state index < -0.39 is 6.36 Å². The number of halogens is 3. The Morgan fingerprint density at radius 3 is 2.45 bits per heavy atom. The van der Waals surface area contributed by atoms with Gasteiger partial charge in [0.05, 0.1) is 18.0 Å². The Kier molecular flexibility index (Phi) is 5.36. The number of hydrogen-bond donors (Lipinski definition) is 1. The van der Waals surface area contributed by atoms with E-state index in [0.29, 0.717) is 25.4 Å². The average Bonchev–Trinajstić information content (AvgIpc) is 2.47. The van der Waals surface area contributed by atoms with Gasteiger partial charge >= 0.3 is 6.36 Å². The first kappa shape index (κ1) is 16.7. The number of nitrogen functional groups attached to an aromatic ring is 1. The van der Waals surface area contributed by atoms with Gasteiger partial charge in [-0.15, -0.1) is 13.2 Å². The Hall–Kier alpha value is -1.67. The van der Waals surface area contributed by atoms with Crippen LogP contribution in [0.15, 0.2) is 18.2 Å². The monoisotopic (exact) mass is 319 g/mol. The molecule has 0 aromatic heterocycles. The summed E-state index contributed by atoms with van der Waals surface area (Å²) in [5.74, 6) is -0.355. The quantitative estimate of drug-likeness (QED) is 0.841. The lowest BCUT2D eigenvalue weighted by molar-refractivity contribution is -0.274. The Labute approximate surface area is 127 Å². The molecule has 1 aromatic rings. The molecule has 124 valence electrons. The Morgan fingerprint density at radius 1 is 1.18 bits per heavy atom. The highest BCUT2D eigenvalue weighted by atomic mass is 19.4.